The van der Waals surface area contributed by atoms with Crippen molar-refractivity contribution in [1.29, 1.82) is 0 Å². The molecule has 0 bridgehead atoms. The van der Waals surface area contributed by atoms with Crippen molar-refractivity contribution in [2.24, 2.45) is 11.7 Å². The van der Waals surface area contributed by atoms with Gasteiger partial charge in [-0.15, -0.1) is 0 Å². The third kappa shape index (κ3) is 10.2. The minimum absolute atomic E-state index is 0.0261. The molecule has 0 aromatic carbocycles. The van der Waals surface area contributed by atoms with E-state index in [0.717, 1.165) is 6.42 Å². The van der Waals surface area contributed by atoms with Crippen LogP contribution in [0.25, 0.3) is 0 Å². The minimum atomic E-state index is -0.878. The standard InChI is InChI=1S/C17H30N4O4.C3H8.C2H6/c1-4-6-12(15(23)17(25)19-8-5-2)20-16(24)14-11(3)7-9-21(14)13(22)10-18;1-3-2;1-2/h11-12,14H,4-10,18H2,1-3H3,(H,19,25)(H,20,24);3H2,1-2H3;1-2H3. The predicted octanol–water partition coefficient (Wildman–Crippen LogP) is 2.00. The van der Waals surface area contributed by atoms with Crippen molar-refractivity contribution in [2.45, 2.75) is 92.7 Å². The van der Waals surface area contributed by atoms with E-state index in [1.807, 2.05) is 34.6 Å². The molecule has 3 atom stereocenters. The van der Waals surface area contributed by atoms with Crippen LogP contribution in [0, 0.1) is 5.92 Å². The summed E-state index contributed by atoms with van der Waals surface area (Å²) in [6.45, 7) is 14.6. The molecule has 0 aliphatic carbocycles. The Bertz CT molecular complexity index is 525. The van der Waals surface area contributed by atoms with Gasteiger partial charge in [-0.3, -0.25) is 19.2 Å². The van der Waals surface area contributed by atoms with Crippen LogP contribution in [0.15, 0.2) is 0 Å². The highest BCUT2D eigenvalue weighted by Crippen LogP contribution is 2.24. The number of likely N-dealkylation sites (tertiary alicyclic amines) is 1. The van der Waals surface area contributed by atoms with Crippen LogP contribution in [-0.2, 0) is 19.2 Å². The van der Waals surface area contributed by atoms with Gasteiger partial charge in [0.2, 0.25) is 17.6 Å². The summed E-state index contributed by atoms with van der Waals surface area (Å²) in [5.41, 5.74) is 5.41. The normalized spacial score (nSPS) is 18.2. The molecule has 1 aliphatic rings. The van der Waals surface area contributed by atoms with Crippen LogP contribution in [0.5, 0.6) is 0 Å². The summed E-state index contributed by atoms with van der Waals surface area (Å²) in [6, 6.07) is -1.53. The van der Waals surface area contributed by atoms with Crippen LogP contribution >= 0.6 is 0 Å². The van der Waals surface area contributed by atoms with Crippen LogP contribution in [0.3, 0.4) is 0 Å². The molecule has 1 fully saturated rings. The van der Waals surface area contributed by atoms with Gasteiger partial charge < -0.3 is 21.3 Å². The van der Waals surface area contributed by atoms with Gasteiger partial charge in [-0.25, -0.2) is 0 Å². The van der Waals surface area contributed by atoms with Crippen molar-refractivity contribution >= 4 is 23.5 Å². The van der Waals surface area contributed by atoms with Gasteiger partial charge in [-0.2, -0.15) is 0 Å². The molecule has 0 aromatic rings. The highest BCUT2D eigenvalue weighted by Gasteiger charge is 2.40. The molecule has 3 unspecified atom stereocenters. The zero-order valence-electron chi connectivity index (χ0n) is 20.0. The Morgan fingerprint density at radius 2 is 1.63 bits per heavy atom. The highest BCUT2D eigenvalue weighted by atomic mass is 16.2. The van der Waals surface area contributed by atoms with Gasteiger partial charge in [0.15, 0.2) is 0 Å². The van der Waals surface area contributed by atoms with E-state index in [0.29, 0.717) is 32.4 Å². The number of hydrogen-bond acceptors (Lipinski definition) is 5. The van der Waals surface area contributed by atoms with E-state index in [9.17, 15) is 19.2 Å². The van der Waals surface area contributed by atoms with Gasteiger partial charge in [0, 0.05) is 13.1 Å². The number of carbonyl (C=O) groups excluding carboxylic acids is 4. The monoisotopic (exact) mass is 428 g/mol. The smallest absolute Gasteiger partial charge is 0.289 e. The lowest BCUT2D eigenvalue weighted by Crippen LogP contribution is -2.55. The van der Waals surface area contributed by atoms with Crippen molar-refractivity contribution in [3.63, 3.8) is 0 Å². The first-order valence-corrected chi connectivity index (χ1v) is 11.4. The molecular formula is C22H44N4O4. The fourth-order valence-corrected chi connectivity index (χ4v) is 3.04. The summed E-state index contributed by atoms with van der Waals surface area (Å²) in [7, 11) is 0. The van der Waals surface area contributed by atoms with Crippen molar-refractivity contribution in [2.75, 3.05) is 19.6 Å². The predicted molar refractivity (Wildman–Crippen MR) is 121 cm³/mol. The van der Waals surface area contributed by atoms with Crippen molar-refractivity contribution < 1.29 is 19.2 Å². The van der Waals surface area contributed by atoms with Crippen LogP contribution in [0.4, 0.5) is 0 Å². The fraction of sp³-hybridized carbons (Fsp3) is 0.818. The first kappa shape index (κ1) is 30.2. The number of nitrogens with one attached hydrogen (secondary N) is 2. The number of nitrogens with zero attached hydrogens (tertiary/aromatic N) is 1. The highest BCUT2D eigenvalue weighted by molar-refractivity contribution is 6.38. The maximum absolute atomic E-state index is 12.7. The van der Waals surface area contributed by atoms with Crippen molar-refractivity contribution in [1.82, 2.24) is 15.5 Å². The first-order chi connectivity index (χ1) is 14.3. The third-order valence-electron chi connectivity index (χ3n) is 4.43. The second-order valence-electron chi connectivity index (χ2n) is 7.18. The number of ketones is 1. The third-order valence-corrected chi connectivity index (χ3v) is 4.43. The number of Topliss-reactive ketones (excluding diaryl/α,β-unsaturated/α-hetero) is 1. The Labute approximate surface area is 182 Å². The molecule has 8 nitrogen and oxygen atoms in total. The molecule has 1 rings (SSSR count). The summed E-state index contributed by atoms with van der Waals surface area (Å²) in [6.07, 6.45) is 3.69. The van der Waals surface area contributed by atoms with Crippen molar-refractivity contribution in [3.8, 4) is 0 Å². The molecule has 1 saturated heterocycles. The molecule has 0 spiro atoms. The van der Waals surface area contributed by atoms with Gasteiger partial charge >= 0.3 is 0 Å². The van der Waals surface area contributed by atoms with Gasteiger partial charge in [-0.05, 0) is 25.2 Å². The van der Waals surface area contributed by atoms with E-state index in [1.54, 1.807) is 0 Å². The molecular weight excluding hydrogens is 384 g/mol. The quantitative estimate of drug-likeness (QED) is 0.485. The molecule has 0 aromatic heterocycles. The Morgan fingerprint density at radius 3 is 2.10 bits per heavy atom. The van der Waals surface area contributed by atoms with Crippen LogP contribution in [0.1, 0.15) is 80.6 Å². The van der Waals surface area contributed by atoms with Gasteiger partial charge in [0.05, 0.1) is 12.6 Å². The zero-order chi connectivity index (χ0) is 23.7. The molecule has 1 heterocycles. The molecule has 0 saturated carbocycles. The topological polar surface area (TPSA) is 122 Å². The lowest BCUT2D eigenvalue weighted by molar-refractivity contribution is -0.142. The van der Waals surface area contributed by atoms with E-state index in [2.05, 4.69) is 24.5 Å². The average molecular weight is 429 g/mol. The van der Waals surface area contributed by atoms with Gasteiger partial charge in [0.1, 0.15) is 6.04 Å². The van der Waals surface area contributed by atoms with E-state index in [-0.39, 0.29) is 18.4 Å². The van der Waals surface area contributed by atoms with Crippen molar-refractivity contribution in [3.05, 3.63) is 0 Å². The average Bonchev–Trinajstić information content (AvgIpc) is 3.14. The van der Waals surface area contributed by atoms with E-state index in [1.165, 1.54) is 11.3 Å². The molecule has 1 aliphatic heterocycles. The van der Waals surface area contributed by atoms with Gasteiger partial charge in [-0.1, -0.05) is 61.3 Å². The lowest BCUT2D eigenvalue weighted by Gasteiger charge is -2.27. The lowest BCUT2D eigenvalue weighted by atomic mass is 10.00. The Balaban J connectivity index is 0. The second kappa shape index (κ2) is 17.9. The van der Waals surface area contributed by atoms with Crippen LogP contribution in [-0.4, -0.2) is 60.1 Å². The zero-order valence-corrected chi connectivity index (χ0v) is 20.0. The number of nitrogens with two attached hydrogens (primary N) is 1. The Morgan fingerprint density at radius 1 is 1.07 bits per heavy atom. The van der Waals surface area contributed by atoms with Crippen LogP contribution < -0.4 is 16.4 Å². The molecule has 30 heavy (non-hydrogen) atoms. The van der Waals surface area contributed by atoms with E-state index in [4.69, 9.17) is 5.73 Å². The summed E-state index contributed by atoms with van der Waals surface area (Å²) in [5, 5.41) is 5.21. The number of rotatable bonds is 9. The largest absolute Gasteiger partial charge is 0.349 e. The maximum atomic E-state index is 12.7. The minimum Gasteiger partial charge on any atom is -0.349 e. The van der Waals surface area contributed by atoms with E-state index < -0.39 is 29.7 Å². The molecule has 176 valence electrons. The Hall–Kier alpha value is -1.96. The molecule has 4 N–H and O–H groups in total. The first-order valence-electron chi connectivity index (χ1n) is 11.4. The summed E-state index contributed by atoms with van der Waals surface area (Å²) in [4.78, 5) is 50.3. The second-order valence-corrected chi connectivity index (χ2v) is 7.18. The Kier molecular flexibility index (Phi) is 18.0. The SMILES string of the molecule is CC.CCC.CCCNC(=O)C(=O)C(CCC)NC(=O)C1C(C)CCN1C(=O)CN. The number of carbonyl (C=O) groups is 4. The van der Waals surface area contributed by atoms with E-state index >= 15 is 0 Å². The van der Waals surface area contributed by atoms with Gasteiger partial charge in [0.25, 0.3) is 5.91 Å². The summed E-state index contributed by atoms with van der Waals surface area (Å²) in [5.74, 6) is -2.05. The summed E-state index contributed by atoms with van der Waals surface area (Å²) < 4.78 is 0. The number of hydrogen-bond donors (Lipinski definition) is 3. The molecule has 3 amide bonds. The molecule has 8 heteroatoms. The van der Waals surface area contributed by atoms with Crippen LogP contribution in [0.2, 0.25) is 0 Å². The maximum Gasteiger partial charge on any atom is 0.289 e. The molecule has 0 radical (unpaired) electrons. The number of amides is 3. The fourth-order valence-electron chi connectivity index (χ4n) is 3.04. The summed E-state index contributed by atoms with van der Waals surface area (Å²) >= 11 is 0.